The quantitative estimate of drug-likeness (QED) is 0.196. The molecule has 1 unspecified atom stereocenters. The number of benzene rings is 3. The van der Waals surface area contributed by atoms with E-state index in [1.54, 1.807) is 10.7 Å². The van der Waals surface area contributed by atoms with E-state index in [-0.39, 0.29) is 17.8 Å². The number of hydrogen-bond donors (Lipinski definition) is 3. The number of nitrogens with one attached hydrogen (secondary N) is 2. The summed E-state index contributed by atoms with van der Waals surface area (Å²) in [4.78, 5) is 13.1. The molecule has 2 N–H and O–H groups in total. The van der Waals surface area contributed by atoms with Gasteiger partial charge < -0.3 is 5.32 Å². The number of hydrogen-bond acceptors (Lipinski definition) is 6. The van der Waals surface area contributed by atoms with Crippen molar-refractivity contribution in [1.29, 1.82) is 0 Å². The second kappa shape index (κ2) is 12.7. The van der Waals surface area contributed by atoms with Gasteiger partial charge in [0.1, 0.15) is 11.5 Å². The molecule has 0 aliphatic rings. The molecule has 0 bridgehead atoms. The Hall–Kier alpha value is -4.31. The maximum atomic E-state index is 15.4. The number of rotatable bonds is 11. The number of amides is 1. The van der Waals surface area contributed by atoms with Crippen molar-refractivity contribution < 1.29 is 9.18 Å². The first-order valence-electron chi connectivity index (χ1n) is 13.2. The maximum Gasteiger partial charge on any atom is 0.272 e. The lowest BCUT2D eigenvalue weighted by Crippen LogP contribution is -2.38. The second-order valence-electron chi connectivity index (χ2n) is 9.57. The molecule has 8 nitrogen and oxygen atoms in total. The number of aromatic nitrogens is 6. The third-order valence-electron chi connectivity index (χ3n) is 6.65. The number of aryl methyl sites for hydroxylation is 1. The fraction of sp³-hybridized carbons (Fsp3) is 0.233. The summed E-state index contributed by atoms with van der Waals surface area (Å²) < 4.78 is 17.2. The molecule has 10 heteroatoms. The number of halogens is 1. The number of aromatic amines is 1. The van der Waals surface area contributed by atoms with Gasteiger partial charge in [-0.25, -0.2) is 4.39 Å². The van der Waals surface area contributed by atoms with Crippen LogP contribution in [0.1, 0.15) is 40.7 Å². The van der Waals surface area contributed by atoms with E-state index in [1.807, 2.05) is 66.7 Å². The average Bonchev–Trinajstić information content (AvgIpc) is 3.65. The molecular weight excluding hydrogens is 525 g/mol. The average molecular weight is 556 g/mol. The normalized spacial score (nSPS) is 11.9. The molecule has 204 valence electrons. The van der Waals surface area contributed by atoms with Crippen molar-refractivity contribution in [1.82, 2.24) is 35.7 Å². The lowest BCUT2D eigenvalue weighted by Gasteiger charge is -2.16. The highest BCUT2D eigenvalue weighted by Gasteiger charge is 2.19. The summed E-state index contributed by atoms with van der Waals surface area (Å²) in [5, 5.41) is 21.8. The first kappa shape index (κ1) is 27.3. The molecule has 0 saturated heterocycles. The summed E-state index contributed by atoms with van der Waals surface area (Å²) >= 11 is 4.44. The molecule has 0 aliphatic carbocycles. The predicted octanol–water partition coefficient (Wildman–Crippen LogP) is 5.14. The number of H-pyrrole nitrogens is 1. The van der Waals surface area contributed by atoms with Crippen LogP contribution in [0.25, 0.3) is 22.5 Å². The fourth-order valence-electron chi connectivity index (χ4n) is 4.72. The van der Waals surface area contributed by atoms with Crippen molar-refractivity contribution in [3.63, 3.8) is 0 Å². The molecule has 40 heavy (non-hydrogen) atoms. The van der Waals surface area contributed by atoms with Crippen molar-refractivity contribution in [2.45, 2.75) is 38.8 Å². The Kier molecular flexibility index (Phi) is 8.65. The zero-order chi connectivity index (χ0) is 27.9. The Bertz CT molecular complexity index is 1570. The minimum Gasteiger partial charge on any atom is -0.347 e. The summed E-state index contributed by atoms with van der Waals surface area (Å²) in [7, 11) is 0. The van der Waals surface area contributed by atoms with Gasteiger partial charge >= 0.3 is 0 Å². The minimum absolute atomic E-state index is 0.130. The van der Waals surface area contributed by atoms with Gasteiger partial charge in [0.15, 0.2) is 0 Å². The lowest BCUT2D eigenvalue weighted by molar-refractivity contribution is 0.0935. The lowest BCUT2D eigenvalue weighted by atomic mass is 9.97. The van der Waals surface area contributed by atoms with Crippen LogP contribution in [-0.4, -0.2) is 48.1 Å². The SMILES string of the molecule is CCCc1cc(C(=O)NC(CS)Cc2ccccc2)nn1Cc1ccc(-c2ccccc2-c2nn[nH]n2)c(F)c1. The van der Waals surface area contributed by atoms with Gasteiger partial charge in [0.2, 0.25) is 5.82 Å². The van der Waals surface area contributed by atoms with Crippen LogP contribution < -0.4 is 5.32 Å². The van der Waals surface area contributed by atoms with E-state index >= 15 is 4.39 Å². The molecule has 5 rings (SSSR count). The second-order valence-corrected chi connectivity index (χ2v) is 9.93. The van der Waals surface area contributed by atoms with Gasteiger partial charge in [-0.2, -0.15) is 22.9 Å². The van der Waals surface area contributed by atoms with Gasteiger partial charge in [-0.1, -0.05) is 80.1 Å². The maximum absolute atomic E-state index is 15.4. The third-order valence-corrected chi connectivity index (χ3v) is 7.09. The number of carbonyl (C=O) groups excluding carboxylic acids is 1. The summed E-state index contributed by atoms with van der Waals surface area (Å²) in [6, 6.07) is 24.2. The van der Waals surface area contributed by atoms with Crippen molar-refractivity contribution >= 4 is 18.5 Å². The first-order valence-corrected chi connectivity index (χ1v) is 13.8. The molecule has 0 spiro atoms. The Morgan fingerprint density at radius 1 is 1.00 bits per heavy atom. The highest BCUT2D eigenvalue weighted by Crippen LogP contribution is 2.32. The molecule has 0 radical (unpaired) electrons. The van der Waals surface area contributed by atoms with Crippen molar-refractivity contribution in [3.05, 3.63) is 107 Å². The third kappa shape index (κ3) is 6.28. The topological polar surface area (TPSA) is 101 Å². The zero-order valence-corrected chi connectivity index (χ0v) is 23.0. The van der Waals surface area contributed by atoms with Gasteiger partial charge in [-0.15, -0.1) is 10.2 Å². The summed E-state index contributed by atoms with van der Waals surface area (Å²) in [5.41, 5.74) is 4.93. The highest BCUT2D eigenvalue weighted by atomic mass is 32.1. The molecule has 1 atom stereocenters. The monoisotopic (exact) mass is 555 g/mol. The van der Waals surface area contributed by atoms with Gasteiger partial charge in [0.05, 0.1) is 6.54 Å². The van der Waals surface area contributed by atoms with Gasteiger partial charge in [-0.05, 0) is 46.9 Å². The molecule has 3 aromatic carbocycles. The van der Waals surface area contributed by atoms with E-state index < -0.39 is 0 Å². The van der Waals surface area contributed by atoms with Crippen LogP contribution in [0.3, 0.4) is 0 Å². The molecule has 0 aliphatic heterocycles. The van der Waals surface area contributed by atoms with Gasteiger partial charge in [0, 0.05) is 28.6 Å². The smallest absolute Gasteiger partial charge is 0.272 e. The summed E-state index contributed by atoms with van der Waals surface area (Å²) in [6.45, 7) is 2.41. The Morgan fingerprint density at radius 2 is 1.77 bits per heavy atom. The summed E-state index contributed by atoms with van der Waals surface area (Å²) in [5.74, 6) is 0.290. The first-order chi connectivity index (χ1) is 19.6. The Balaban J connectivity index is 1.35. The van der Waals surface area contributed by atoms with Gasteiger partial charge in [0.25, 0.3) is 5.91 Å². The minimum atomic E-state index is -0.367. The van der Waals surface area contributed by atoms with E-state index in [0.717, 1.165) is 29.7 Å². The van der Waals surface area contributed by atoms with Crippen LogP contribution in [0.15, 0.2) is 78.9 Å². The standard InChI is InChI=1S/C30H30FN7OS/c1-2-8-23-17-28(30(39)32-22(19-40)15-20-9-4-3-5-10-20)35-38(23)18-21-13-14-25(27(31)16-21)24-11-6-7-12-26(24)29-33-36-37-34-29/h3-7,9-14,16-17,22,40H,2,8,15,18-19H2,1H3,(H,32,39)(H,33,34,36,37). The van der Waals surface area contributed by atoms with Crippen LogP contribution in [0.2, 0.25) is 0 Å². The zero-order valence-electron chi connectivity index (χ0n) is 22.1. The predicted molar refractivity (Wildman–Crippen MR) is 156 cm³/mol. The van der Waals surface area contributed by atoms with Crippen LogP contribution in [0.5, 0.6) is 0 Å². The molecule has 0 saturated carbocycles. The van der Waals surface area contributed by atoms with E-state index in [0.29, 0.717) is 46.9 Å². The molecule has 5 aromatic rings. The molecule has 1 amide bonds. The molecular formula is C30H30FN7OS. The molecule has 0 fully saturated rings. The van der Waals surface area contributed by atoms with Crippen LogP contribution in [0, 0.1) is 5.82 Å². The number of carbonyl (C=O) groups is 1. The van der Waals surface area contributed by atoms with Crippen molar-refractivity contribution in [3.8, 4) is 22.5 Å². The van der Waals surface area contributed by atoms with Gasteiger partial charge in [-0.3, -0.25) is 9.48 Å². The molecule has 2 heterocycles. The number of thiol groups is 1. The summed E-state index contributed by atoms with van der Waals surface area (Å²) in [6.07, 6.45) is 2.32. The van der Waals surface area contributed by atoms with Crippen molar-refractivity contribution in [2.24, 2.45) is 0 Å². The van der Waals surface area contributed by atoms with E-state index in [1.165, 1.54) is 6.07 Å². The van der Waals surface area contributed by atoms with Crippen LogP contribution in [-0.2, 0) is 19.4 Å². The van der Waals surface area contributed by atoms with Crippen LogP contribution >= 0.6 is 12.6 Å². The number of tetrazole rings is 1. The van der Waals surface area contributed by atoms with Crippen molar-refractivity contribution in [2.75, 3.05) is 5.75 Å². The fourth-order valence-corrected chi connectivity index (χ4v) is 4.94. The molecule has 2 aromatic heterocycles. The Labute approximate surface area is 237 Å². The largest absolute Gasteiger partial charge is 0.347 e. The van der Waals surface area contributed by atoms with Crippen LogP contribution in [0.4, 0.5) is 4.39 Å². The van der Waals surface area contributed by atoms with E-state index in [2.05, 4.69) is 50.6 Å². The number of nitrogens with zero attached hydrogens (tertiary/aromatic N) is 5. The van der Waals surface area contributed by atoms with E-state index in [9.17, 15) is 4.79 Å². The Morgan fingerprint density at radius 3 is 2.48 bits per heavy atom. The van der Waals surface area contributed by atoms with E-state index in [4.69, 9.17) is 0 Å². The highest BCUT2D eigenvalue weighted by molar-refractivity contribution is 7.80.